The van der Waals surface area contributed by atoms with Gasteiger partial charge < -0.3 is 23.8 Å². The Morgan fingerprint density at radius 3 is 2.20 bits per heavy atom. The zero-order chi connectivity index (χ0) is 36.1. The van der Waals surface area contributed by atoms with Crippen molar-refractivity contribution in [3.8, 4) is 22.1 Å². The first kappa shape index (κ1) is 38.3. The van der Waals surface area contributed by atoms with Gasteiger partial charge in [-0.1, -0.05) is 12.1 Å². The van der Waals surface area contributed by atoms with Crippen molar-refractivity contribution >= 4 is 35.2 Å². The van der Waals surface area contributed by atoms with Crippen LogP contribution in [0.15, 0.2) is 41.3 Å². The number of ether oxygens (including phenoxy) is 4. The van der Waals surface area contributed by atoms with Crippen LogP contribution in [0.3, 0.4) is 0 Å². The second kappa shape index (κ2) is 15.6. The molecule has 1 aliphatic rings. The molecule has 0 unspecified atom stereocenters. The number of esters is 1. The van der Waals surface area contributed by atoms with Gasteiger partial charge in [0, 0.05) is 43.2 Å². The van der Waals surface area contributed by atoms with Crippen LogP contribution in [0.5, 0.6) is 11.5 Å². The molecule has 0 bridgehead atoms. The van der Waals surface area contributed by atoms with Crippen LogP contribution in [0.25, 0.3) is 10.6 Å². The number of thiazole rings is 1. The third-order valence-corrected chi connectivity index (χ3v) is 10.0. The second-order valence-corrected chi connectivity index (χ2v) is 15.8. The third-order valence-electron chi connectivity index (χ3n) is 7.59. The average molecular weight is 724 g/mol. The third kappa shape index (κ3) is 10.3. The lowest BCUT2D eigenvalue weighted by molar-refractivity contribution is -0.145. The van der Waals surface area contributed by atoms with Crippen molar-refractivity contribution < 1.29 is 41.7 Å². The highest BCUT2D eigenvalue weighted by atomic mass is 32.2. The highest BCUT2D eigenvalue weighted by Crippen LogP contribution is 2.42. The number of carbonyl (C=O) groups excluding carboxylic acids is 2. The number of aryl methyl sites for hydroxylation is 1. The summed E-state index contributed by atoms with van der Waals surface area (Å²) >= 11 is 2.73. The minimum atomic E-state index is -4.44. The van der Waals surface area contributed by atoms with Crippen molar-refractivity contribution in [3.05, 3.63) is 58.1 Å². The molecule has 0 saturated carbocycles. The van der Waals surface area contributed by atoms with E-state index in [1.165, 1.54) is 35.2 Å². The van der Waals surface area contributed by atoms with Gasteiger partial charge in [0.25, 0.3) is 0 Å². The van der Waals surface area contributed by atoms with Gasteiger partial charge in [0.05, 0.1) is 29.9 Å². The van der Waals surface area contributed by atoms with Crippen molar-refractivity contribution in [2.75, 3.05) is 39.9 Å². The molecular weight excluding hydrogens is 680 g/mol. The van der Waals surface area contributed by atoms with E-state index in [9.17, 15) is 22.8 Å². The molecule has 1 aromatic heterocycles. The number of hydrogen-bond donors (Lipinski definition) is 0. The van der Waals surface area contributed by atoms with Crippen LogP contribution in [-0.4, -0.2) is 77.1 Å². The number of aromatic nitrogens is 1. The molecular formula is C35H44F3N3O6S2. The predicted octanol–water partition coefficient (Wildman–Crippen LogP) is 8.21. The van der Waals surface area contributed by atoms with Gasteiger partial charge in [-0.05, 0) is 78.3 Å². The van der Waals surface area contributed by atoms with Gasteiger partial charge in [-0.3, -0.25) is 9.69 Å². The number of benzene rings is 2. The standard InChI is InChI=1S/C35H44F3N3O6S2/c1-9-45-31(42)34(6,7)49-28-19-26(44-8)27(18-22(28)2)46-21-29-25(20-40-14-16-41(17-15-40)32(43)47-33(3,4)5)39-30(48-29)23-10-12-24(13-11-23)35(36,37)38/h10-13,18-19H,9,14-17,20-21H2,1-8H3. The molecule has 0 spiro atoms. The fraction of sp³-hybridized carbons (Fsp3) is 0.514. The number of amides is 1. The van der Waals surface area contributed by atoms with Gasteiger partial charge in [-0.15, -0.1) is 23.1 Å². The molecule has 1 fully saturated rings. The lowest BCUT2D eigenvalue weighted by atomic mass is 10.1. The van der Waals surface area contributed by atoms with Crippen molar-refractivity contribution in [2.45, 2.75) is 83.0 Å². The number of nitrogens with zero attached hydrogens (tertiary/aromatic N) is 3. The summed E-state index contributed by atoms with van der Waals surface area (Å²) in [5, 5.41) is 0.575. The maximum Gasteiger partial charge on any atom is 0.416 e. The van der Waals surface area contributed by atoms with Crippen LogP contribution < -0.4 is 9.47 Å². The molecule has 0 radical (unpaired) electrons. The van der Waals surface area contributed by atoms with Crippen molar-refractivity contribution in [1.82, 2.24) is 14.8 Å². The monoisotopic (exact) mass is 723 g/mol. The first-order valence-corrected chi connectivity index (χ1v) is 17.6. The quantitative estimate of drug-likeness (QED) is 0.143. The molecule has 0 atom stereocenters. The van der Waals surface area contributed by atoms with Crippen molar-refractivity contribution in [3.63, 3.8) is 0 Å². The van der Waals surface area contributed by atoms with Crippen LogP contribution in [0.2, 0.25) is 0 Å². The Labute approximate surface area is 294 Å². The highest BCUT2D eigenvalue weighted by molar-refractivity contribution is 8.01. The Hall–Kier alpha value is -3.49. The summed E-state index contributed by atoms with van der Waals surface area (Å²) in [6.07, 6.45) is -4.79. The van der Waals surface area contributed by atoms with E-state index >= 15 is 0 Å². The minimum Gasteiger partial charge on any atom is -0.493 e. The molecule has 14 heteroatoms. The van der Waals surface area contributed by atoms with E-state index in [1.54, 1.807) is 18.9 Å². The number of halogens is 3. The van der Waals surface area contributed by atoms with E-state index < -0.39 is 22.1 Å². The van der Waals surface area contributed by atoms with Crippen molar-refractivity contribution in [2.24, 2.45) is 0 Å². The van der Waals surface area contributed by atoms with E-state index in [2.05, 4.69) is 4.90 Å². The van der Waals surface area contributed by atoms with Gasteiger partial charge in [-0.25, -0.2) is 9.78 Å². The van der Waals surface area contributed by atoms with Gasteiger partial charge in [0.2, 0.25) is 0 Å². The summed E-state index contributed by atoms with van der Waals surface area (Å²) in [5.41, 5.74) is 0.881. The van der Waals surface area contributed by atoms with E-state index in [4.69, 9.17) is 23.9 Å². The van der Waals surface area contributed by atoms with Crippen LogP contribution in [0, 0.1) is 6.92 Å². The second-order valence-electron chi connectivity index (χ2n) is 13.1. The van der Waals surface area contributed by atoms with Gasteiger partial charge in [0.15, 0.2) is 11.5 Å². The van der Waals surface area contributed by atoms with Gasteiger partial charge in [0.1, 0.15) is 22.0 Å². The number of rotatable bonds is 11. The number of hydrogen-bond acceptors (Lipinski definition) is 10. The Morgan fingerprint density at radius 2 is 1.63 bits per heavy atom. The maximum atomic E-state index is 13.2. The highest BCUT2D eigenvalue weighted by Gasteiger charge is 2.33. The summed E-state index contributed by atoms with van der Waals surface area (Å²) in [5.74, 6) is 0.672. The molecule has 3 aromatic rings. The number of carbonyl (C=O) groups is 2. The van der Waals surface area contributed by atoms with Crippen LogP contribution in [-0.2, 0) is 33.6 Å². The zero-order valence-corrected chi connectivity index (χ0v) is 30.8. The normalized spacial score (nSPS) is 14.5. The largest absolute Gasteiger partial charge is 0.493 e. The van der Waals surface area contributed by atoms with Crippen LogP contribution in [0.1, 0.15) is 63.2 Å². The molecule has 0 aliphatic carbocycles. The molecule has 9 nitrogen and oxygen atoms in total. The number of thioether (sulfide) groups is 1. The maximum absolute atomic E-state index is 13.2. The van der Waals surface area contributed by atoms with Crippen molar-refractivity contribution in [1.29, 1.82) is 0 Å². The molecule has 49 heavy (non-hydrogen) atoms. The fourth-order valence-electron chi connectivity index (χ4n) is 4.96. The molecule has 2 aromatic carbocycles. The smallest absolute Gasteiger partial charge is 0.416 e. The first-order valence-electron chi connectivity index (χ1n) is 15.9. The van der Waals surface area contributed by atoms with Gasteiger partial charge >= 0.3 is 18.2 Å². The van der Waals surface area contributed by atoms with E-state index in [0.717, 1.165) is 33.2 Å². The minimum absolute atomic E-state index is 0.141. The Morgan fingerprint density at radius 1 is 0.980 bits per heavy atom. The molecule has 268 valence electrons. The van der Waals surface area contributed by atoms with Crippen LogP contribution >= 0.6 is 23.1 Å². The summed E-state index contributed by atoms with van der Waals surface area (Å²) in [4.78, 5) is 35.5. The summed E-state index contributed by atoms with van der Waals surface area (Å²) < 4.78 is 61.6. The molecule has 1 amide bonds. The molecule has 0 N–H and O–H groups in total. The Balaban J connectivity index is 1.56. The SMILES string of the molecule is CCOC(=O)C(C)(C)Sc1cc(OC)c(OCc2sc(-c3ccc(C(F)(F)F)cc3)nc2CN2CCN(C(=O)OC(C)(C)C)CC2)cc1C. The molecule has 2 heterocycles. The number of piperazine rings is 1. The first-order chi connectivity index (χ1) is 22.9. The van der Waals surface area contributed by atoms with E-state index in [0.29, 0.717) is 61.4 Å². The fourth-order valence-corrected chi connectivity index (χ4v) is 7.03. The summed E-state index contributed by atoms with van der Waals surface area (Å²) in [6.45, 7) is 15.9. The number of methoxy groups -OCH3 is 1. The molecule has 1 aliphatic heterocycles. The Kier molecular flexibility index (Phi) is 12.2. The molecule has 4 rings (SSSR count). The zero-order valence-electron chi connectivity index (χ0n) is 29.2. The molecule has 1 saturated heterocycles. The predicted molar refractivity (Wildman–Crippen MR) is 184 cm³/mol. The average Bonchev–Trinajstić information content (AvgIpc) is 3.42. The van der Waals surface area contributed by atoms with E-state index in [-0.39, 0.29) is 18.7 Å². The lowest BCUT2D eigenvalue weighted by Crippen LogP contribution is -2.49. The lowest BCUT2D eigenvalue weighted by Gasteiger charge is -2.35. The van der Waals surface area contributed by atoms with Gasteiger partial charge in [-0.2, -0.15) is 13.2 Å². The Bertz CT molecular complexity index is 1610. The summed E-state index contributed by atoms with van der Waals surface area (Å²) in [6, 6.07) is 8.65. The van der Waals surface area contributed by atoms with E-state index in [1.807, 2.05) is 53.7 Å². The summed E-state index contributed by atoms with van der Waals surface area (Å²) in [7, 11) is 1.54. The number of alkyl halides is 3. The van der Waals surface area contributed by atoms with Crippen LogP contribution in [0.4, 0.5) is 18.0 Å². The topological polar surface area (TPSA) is 90.4 Å².